The van der Waals surface area contributed by atoms with E-state index in [2.05, 4.69) is 5.10 Å². The zero-order valence-electron chi connectivity index (χ0n) is 7.55. The van der Waals surface area contributed by atoms with Crippen LogP contribution in [0.4, 0.5) is 5.82 Å². The predicted octanol–water partition coefficient (Wildman–Crippen LogP) is 1.22. The summed E-state index contributed by atoms with van der Waals surface area (Å²) < 4.78 is 1.27. The third-order valence-corrected chi connectivity index (χ3v) is 2.01. The van der Waals surface area contributed by atoms with Crippen molar-refractivity contribution in [1.82, 2.24) is 9.78 Å². The first-order valence-electron chi connectivity index (χ1n) is 4.10. The van der Waals surface area contributed by atoms with Gasteiger partial charge in [-0.1, -0.05) is 18.5 Å². The highest BCUT2D eigenvalue weighted by molar-refractivity contribution is 6.32. The van der Waals surface area contributed by atoms with Crippen LogP contribution >= 0.6 is 11.6 Å². The van der Waals surface area contributed by atoms with Crippen molar-refractivity contribution >= 4 is 17.4 Å². The normalized spacial score (nSPS) is 12.8. The number of aliphatic hydroxyl groups excluding tert-OH is 1. The molecule has 0 amide bonds. The molecule has 1 heterocycles. The minimum atomic E-state index is -0.656. The summed E-state index contributed by atoms with van der Waals surface area (Å²) in [5, 5.41) is 23.3. The van der Waals surface area contributed by atoms with Crippen molar-refractivity contribution < 1.29 is 10.0 Å². The van der Waals surface area contributed by atoms with Crippen LogP contribution in [-0.2, 0) is 6.54 Å². The zero-order chi connectivity index (χ0) is 10.7. The van der Waals surface area contributed by atoms with Crippen molar-refractivity contribution in [3.8, 4) is 0 Å². The zero-order valence-corrected chi connectivity index (χ0v) is 8.31. The second kappa shape index (κ2) is 4.39. The average Bonchev–Trinajstić information content (AvgIpc) is 2.46. The largest absolute Gasteiger partial charge is 0.408 e. The van der Waals surface area contributed by atoms with Crippen molar-refractivity contribution in [3.05, 3.63) is 21.3 Å². The molecule has 1 aromatic heterocycles. The maximum atomic E-state index is 10.4. The van der Waals surface area contributed by atoms with E-state index in [4.69, 9.17) is 11.6 Å². The Bertz CT molecular complexity index is 339. The van der Waals surface area contributed by atoms with Crippen LogP contribution in [0.2, 0.25) is 5.02 Å². The van der Waals surface area contributed by atoms with Crippen LogP contribution in [0.25, 0.3) is 0 Å². The number of nitro groups is 1. The lowest BCUT2D eigenvalue weighted by atomic mass is 10.3. The Kier molecular flexibility index (Phi) is 3.43. The maximum Gasteiger partial charge on any atom is 0.408 e. The van der Waals surface area contributed by atoms with Crippen LogP contribution in [-0.4, -0.2) is 25.9 Å². The Morgan fingerprint density at radius 2 is 2.50 bits per heavy atom. The van der Waals surface area contributed by atoms with Gasteiger partial charge < -0.3 is 15.2 Å². The van der Waals surface area contributed by atoms with Crippen LogP contribution in [0.3, 0.4) is 0 Å². The van der Waals surface area contributed by atoms with Crippen LogP contribution in [0, 0.1) is 10.1 Å². The van der Waals surface area contributed by atoms with Gasteiger partial charge in [-0.2, -0.15) is 4.68 Å². The van der Waals surface area contributed by atoms with Gasteiger partial charge in [-0.3, -0.25) is 0 Å². The number of hydrogen-bond donors (Lipinski definition) is 1. The second-order valence-electron chi connectivity index (χ2n) is 2.84. The Morgan fingerprint density at radius 3 is 2.93 bits per heavy atom. The van der Waals surface area contributed by atoms with Gasteiger partial charge >= 0.3 is 5.82 Å². The third-order valence-electron chi connectivity index (χ3n) is 1.74. The minimum Gasteiger partial charge on any atom is -0.391 e. The lowest BCUT2D eigenvalue weighted by Crippen LogP contribution is -2.15. The summed E-state index contributed by atoms with van der Waals surface area (Å²) in [4.78, 5) is 9.72. The highest BCUT2D eigenvalue weighted by atomic mass is 35.5. The molecule has 0 fully saturated rings. The first-order valence-corrected chi connectivity index (χ1v) is 4.47. The van der Waals surface area contributed by atoms with Crippen molar-refractivity contribution in [1.29, 1.82) is 0 Å². The number of hydrogen-bond acceptors (Lipinski definition) is 4. The van der Waals surface area contributed by atoms with Gasteiger partial charge in [0.05, 0.1) is 23.9 Å². The summed E-state index contributed by atoms with van der Waals surface area (Å²) in [6, 6.07) is 0. The lowest BCUT2D eigenvalue weighted by Gasteiger charge is -2.03. The van der Waals surface area contributed by atoms with Gasteiger partial charge in [0, 0.05) is 0 Å². The summed E-state index contributed by atoms with van der Waals surface area (Å²) in [7, 11) is 0. The Hall–Kier alpha value is -1.14. The molecule has 0 saturated heterocycles. The molecule has 1 N–H and O–H groups in total. The van der Waals surface area contributed by atoms with Gasteiger partial charge in [0.25, 0.3) is 0 Å². The Balaban J connectivity index is 2.81. The van der Waals surface area contributed by atoms with Crippen LogP contribution in [0.1, 0.15) is 13.3 Å². The van der Waals surface area contributed by atoms with Gasteiger partial charge in [0.1, 0.15) is 0 Å². The fourth-order valence-electron chi connectivity index (χ4n) is 0.949. The molecule has 7 heteroatoms. The molecule has 0 aliphatic heterocycles. The van der Waals surface area contributed by atoms with E-state index in [1.54, 1.807) is 0 Å². The first kappa shape index (κ1) is 10.9. The summed E-state index contributed by atoms with van der Waals surface area (Å²) >= 11 is 5.56. The van der Waals surface area contributed by atoms with Gasteiger partial charge in [-0.15, -0.1) is 0 Å². The molecule has 1 unspecified atom stereocenters. The van der Waals surface area contributed by atoms with Crippen molar-refractivity contribution in [2.45, 2.75) is 26.0 Å². The molecule has 6 nitrogen and oxygen atoms in total. The molecular formula is C7H10ClN3O3. The number of halogens is 1. The summed E-state index contributed by atoms with van der Waals surface area (Å²) in [5.74, 6) is -0.380. The molecule has 0 aromatic carbocycles. The highest BCUT2D eigenvalue weighted by Gasteiger charge is 2.19. The molecule has 0 bridgehead atoms. The van der Waals surface area contributed by atoms with Gasteiger partial charge in [0.2, 0.25) is 0 Å². The summed E-state index contributed by atoms with van der Waals surface area (Å²) in [6.45, 7) is 2.02. The monoisotopic (exact) mass is 219 g/mol. The fourth-order valence-corrected chi connectivity index (χ4v) is 1.17. The Morgan fingerprint density at radius 1 is 1.86 bits per heavy atom. The second-order valence-corrected chi connectivity index (χ2v) is 3.25. The highest BCUT2D eigenvalue weighted by Crippen LogP contribution is 2.21. The minimum absolute atomic E-state index is 0.0155. The molecule has 0 spiro atoms. The predicted molar refractivity (Wildman–Crippen MR) is 50.2 cm³/mol. The number of rotatable bonds is 4. The topological polar surface area (TPSA) is 81.2 Å². The van der Waals surface area contributed by atoms with Crippen molar-refractivity contribution in [3.63, 3.8) is 0 Å². The summed E-state index contributed by atoms with van der Waals surface area (Å²) in [5.41, 5.74) is 0. The molecular weight excluding hydrogens is 210 g/mol. The standard InChI is InChI=1S/C7H10ClN3O3/c1-2-5(12)3-10-4-6(8)7(9-10)11(13)14/h4-5,12H,2-3H2,1H3. The lowest BCUT2D eigenvalue weighted by molar-refractivity contribution is -0.389. The van der Waals surface area contributed by atoms with E-state index in [0.29, 0.717) is 6.42 Å². The fraction of sp³-hybridized carbons (Fsp3) is 0.571. The smallest absolute Gasteiger partial charge is 0.391 e. The van der Waals surface area contributed by atoms with Crippen LogP contribution in [0.15, 0.2) is 6.20 Å². The van der Waals surface area contributed by atoms with E-state index in [-0.39, 0.29) is 17.4 Å². The van der Waals surface area contributed by atoms with Gasteiger partial charge in [-0.25, -0.2) is 0 Å². The van der Waals surface area contributed by atoms with Gasteiger partial charge in [-0.05, 0) is 11.3 Å². The van der Waals surface area contributed by atoms with Crippen LogP contribution < -0.4 is 0 Å². The third kappa shape index (κ3) is 2.43. The molecule has 78 valence electrons. The molecule has 0 aliphatic carbocycles. The van der Waals surface area contributed by atoms with Gasteiger partial charge in [0.15, 0.2) is 5.02 Å². The number of aliphatic hydroxyl groups is 1. The molecule has 0 aliphatic rings. The molecule has 1 rings (SSSR count). The molecule has 0 radical (unpaired) electrons. The maximum absolute atomic E-state index is 10.4. The summed E-state index contributed by atoms with van der Waals surface area (Å²) in [6.07, 6.45) is 1.33. The van der Waals surface area contributed by atoms with E-state index < -0.39 is 11.0 Å². The number of aromatic nitrogens is 2. The molecule has 14 heavy (non-hydrogen) atoms. The van der Waals surface area contributed by atoms with E-state index in [9.17, 15) is 15.2 Å². The number of nitrogens with zero attached hydrogens (tertiary/aromatic N) is 3. The molecule has 0 saturated carbocycles. The first-order chi connectivity index (χ1) is 6.54. The molecule has 1 aromatic rings. The van der Waals surface area contributed by atoms with E-state index >= 15 is 0 Å². The van der Waals surface area contributed by atoms with Crippen molar-refractivity contribution in [2.75, 3.05) is 0 Å². The Labute approximate surface area is 85.2 Å². The SMILES string of the molecule is CCC(O)Cn1cc(Cl)c([N+](=O)[O-])n1. The molecule has 1 atom stereocenters. The van der Waals surface area contributed by atoms with Crippen LogP contribution in [0.5, 0.6) is 0 Å². The van der Waals surface area contributed by atoms with E-state index in [0.717, 1.165) is 0 Å². The van der Waals surface area contributed by atoms with E-state index in [1.165, 1.54) is 10.9 Å². The quantitative estimate of drug-likeness (QED) is 0.610. The average molecular weight is 220 g/mol. The van der Waals surface area contributed by atoms with E-state index in [1.807, 2.05) is 6.92 Å². The van der Waals surface area contributed by atoms with Crippen molar-refractivity contribution in [2.24, 2.45) is 0 Å².